The molecule has 3 rings (SSSR count). The number of thioether (sulfide) groups is 1. The molecule has 0 aromatic heterocycles. The van der Waals surface area contributed by atoms with Crippen LogP contribution in [0.25, 0.3) is 0 Å². The number of carboxylic acids is 1. The van der Waals surface area contributed by atoms with Crippen LogP contribution in [0.2, 0.25) is 0 Å². The number of hydrogen-bond acceptors (Lipinski definition) is 22. The van der Waals surface area contributed by atoms with Crippen molar-refractivity contribution in [2.45, 2.75) is 252 Å². The third kappa shape index (κ3) is 41.3. The zero-order valence-corrected chi connectivity index (χ0v) is 71.9. The molecular weight excluding hydrogens is 1520 g/mol. The third-order valence-electron chi connectivity index (χ3n) is 16.1. The lowest BCUT2D eigenvalue weighted by atomic mass is 9.96. The Morgan fingerprint density at radius 3 is 1.40 bits per heavy atom. The summed E-state index contributed by atoms with van der Waals surface area (Å²) in [4.78, 5) is 155. The SMILES string of the molecule is CCSSC[C@H](NC(=O)OC(C)(C)C)C(=O)NCCOCCOCC(=O)N[C@@H](Cc1ccc(OC(C)(C)C)cc1)C(=O)N[C@@H](COC(C)(C)C)C(=O)N[C@H](C(=O)N[C@@H](CO)C(=O)N[C@@H](Cc1ccc(OC(C)(C)C)cc1)C(=O)N[C@@H](Cc1ccccc1)C(=O)N[C@H](C(=O)N[C@@H](CCSC)C(=O)O)C(C)CC)C(C)OC(C)(C)C. The van der Waals surface area contributed by atoms with Crippen LogP contribution in [0.4, 0.5) is 4.79 Å². The minimum Gasteiger partial charge on any atom is -0.488 e. The van der Waals surface area contributed by atoms with E-state index in [1.54, 1.807) is 161 Å². The number of carbonyl (C=O) groups is 11. The van der Waals surface area contributed by atoms with Crippen LogP contribution < -0.4 is 62.6 Å². The maximum Gasteiger partial charge on any atom is 0.408 e. The normalized spacial score (nSPS) is 14.9. The number of aliphatic hydroxyl groups is 1. The maximum absolute atomic E-state index is 15.1. The van der Waals surface area contributed by atoms with Crippen LogP contribution in [0.1, 0.15) is 161 Å². The average molecular weight is 1640 g/mol. The summed E-state index contributed by atoms with van der Waals surface area (Å²) >= 11 is 1.40. The van der Waals surface area contributed by atoms with Crippen molar-refractivity contribution in [2.75, 3.05) is 69.7 Å². The minimum absolute atomic E-state index is 0.00354. The third-order valence-corrected chi connectivity index (χ3v) is 19.2. The molecule has 0 saturated heterocycles. The summed E-state index contributed by atoms with van der Waals surface area (Å²) in [6.07, 6.45) is -0.122. The summed E-state index contributed by atoms with van der Waals surface area (Å²) in [5.74, 6) is -6.83. The van der Waals surface area contributed by atoms with E-state index in [2.05, 4.69) is 53.2 Å². The first-order valence-electron chi connectivity index (χ1n) is 38.1. The molecule has 2 unspecified atom stereocenters. The Kier molecular flexibility index (Phi) is 42.6. The van der Waals surface area contributed by atoms with E-state index in [9.17, 15) is 58.2 Å². The Labute approximate surface area is 679 Å². The number of nitrogens with one attached hydrogen (secondary N) is 10. The fraction of sp³-hybridized carbons (Fsp3) is 0.637. The molecule has 0 saturated carbocycles. The fourth-order valence-corrected chi connectivity index (χ4v) is 12.9. The van der Waals surface area contributed by atoms with Gasteiger partial charge in [-0.25, -0.2) is 9.59 Å². The lowest BCUT2D eigenvalue weighted by Crippen LogP contribution is -2.63. The van der Waals surface area contributed by atoms with Gasteiger partial charge in [-0.15, -0.1) is 0 Å². The van der Waals surface area contributed by atoms with Gasteiger partial charge in [0, 0.05) is 37.3 Å². The van der Waals surface area contributed by atoms with Crippen molar-refractivity contribution >= 4 is 98.6 Å². The number of ether oxygens (including phenoxy) is 7. The predicted molar refractivity (Wildman–Crippen MR) is 438 cm³/mol. The molecule has 12 N–H and O–H groups in total. The highest BCUT2D eigenvalue weighted by molar-refractivity contribution is 8.76. The molecule has 3 aromatic rings. The summed E-state index contributed by atoms with van der Waals surface area (Å²) < 4.78 is 41.1. The molecule has 30 nitrogen and oxygen atoms in total. The number of aliphatic hydroxyl groups excluding tert-OH is 1. The van der Waals surface area contributed by atoms with Gasteiger partial charge in [0.15, 0.2) is 0 Å². The smallest absolute Gasteiger partial charge is 0.408 e. The summed E-state index contributed by atoms with van der Waals surface area (Å²) in [7, 11) is 2.97. The number of carbonyl (C=O) groups excluding carboxylic acids is 10. The van der Waals surface area contributed by atoms with Gasteiger partial charge in [-0.2, -0.15) is 11.8 Å². The second kappa shape index (κ2) is 48.5. The van der Waals surface area contributed by atoms with Gasteiger partial charge in [-0.1, -0.05) is 103 Å². The van der Waals surface area contributed by atoms with Crippen LogP contribution >= 0.6 is 33.3 Å². The Hall–Kier alpha value is -7.92. The van der Waals surface area contributed by atoms with Crippen molar-refractivity contribution in [3.05, 3.63) is 95.6 Å². The van der Waals surface area contributed by atoms with Crippen LogP contribution in [0.5, 0.6) is 11.5 Å². The first-order valence-corrected chi connectivity index (χ1v) is 41.9. The fourth-order valence-electron chi connectivity index (χ4n) is 10.6. The van der Waals surface area contributed by atoms with E-state index in [-0.39, 0.29) is 57.8 Å². The molecule has 10 amide bonds. The number of aliphatic carboxylic acids is 1. The Balaban J connectivity index is 2.01. The standard InChI is InChI=1S/C80H126N10O20S3/c1-21-49(3)64(72(99)83-56(74(101)102)36-41-111-20)89-69(96)59(42-51-26-24-23-25-27-51)84-68(95)58(44-53-30-34-55(35-31-53)109-79(14,15)16)85-70(97)60(45-91)86-73(100)65(50(4)107-77(8,9)10)90-71(98)61(46-106-76(5,6)7)87-67(94)57(43-52-28-32-54(33-29-52)108-78(11,12)13)82-63(92)47-105-40-39-104-38-37-81-66(93)62(48-113-112-22-2)88-75(103)110-80(17,18)19/h23-35,49-50,56-62,64-65,91H,21-22,36-48H2,1-20H3,(H,81,93)(H,82,92)(H,83,99)(H,84,95)(H,85,97)(H,86,100)(H,87,94)(H,88,103)(H,89,96)(H,90,98)(H,101,102)/t49?,50?,56-,57-,58-,59-,60-,61-,62-,64-,65-/m0/s1. The van der Waals surface area contributed by atoms with Crippen LogP contribution in [0.3, 0.4) is 0 Å². The lowest BCUT2D eigenvalue weighted by Gasteiger charge is -2.33. The van der Waals surface area contributed by atoms with Gasteiger partial charge in [0.1, 0.15) is 89.3 Å². The van der Waals surface area contributed by atoms with Crippen LogP contribution in [-0.2, 0) is 90.9 Å². The Morgan fingerprint density at radius 2 is 0.920 bits per heavy atom. The van der Waals surface area contributed by atoms with Gasteiger partial charge in [-0.05, 0) is 176 Å². The van der Waals surface area contributed by atoms with E-state index in [0.29, 0.717) is 40.4 Å². The average Bonchev–Trinajstić information content (AvgIpc) is 0.839. The zero-order valence-electron chi connectivity index (χ0n) is 69.4. The molecule has 3 aromatic carbocycles. The number of rotatable bonds is 48. The molecule has 0 spiro atoms. The second-order valence-electron chi connectivity index (χ2n) is 32.1. The van der Waals surface area contributed by atoms with Crippen molar-refractivity contribution in [1.82, 2.24) is 53.2 Å². The zero-order chi connectivity index (χ0) is 85.0. The molecule has 0 fully saturated rings. The van der Waals surface area contributed by atoms with E-state index in [4.69, 9.17) is 33.2 Å². The molecule has 113 heavy (non-hydrogen) atoms. The monoisotopic (exact) mass is 1640 g/mol. The van der Waals surface area contributed by atoms with E-state index >= 15 is 4.79 Å². The van der Waals surface area contributed by atoms with E-state index in [1.165, 1.54) is 40.3 Å². The number of amides is 10. The number of alkyl carbamates (subject to hydrolysis) is 1. The van der Waals surface area contributed by atoms with Crippen molar-refractivity contribution < 1.29 is 96.1 Å². The van der Waals surface area contributed by atoms with Crippen molar-refractivity contribution in [3.63, 3.8) is 0 Å². The van der Waals surface area contributed by atoms with Crippen LogP contribution in [0.15, 0.2) is 78.9 Å². The Bertz CT molecular complexity index is 3490. The molecule has 0 aliphatic heterocycles. The predicted octanol–water partition coefficient (Wildman–Crippen LogP) is 6.29. The molecule has 0 heterocycles. The topological polar surface area (TPSA) is 413 Å². The highest BCUT2D eigenvalue weighted by Crippen LogP contribution is 2.24. The van der Waals surface area contributed by atoms with Crippen LogP contribution in [-0.4, -0.2) is 234 Å². The van der Waals surface area contributed by atoms with Gasteiger partial charge in [0.05, 0.1) is 50.3 Å². The van der Waals surface area contributed by atoms with Gasteiger partial charge in [0.2, 0.25) is 53.2 Å². The van der Waals surface area contributed by atoms with Gasteiger partial charge in [-0.3, -0.25) is 43.2 Å². The summed E-state index contributed by atoms with van der Waals surface area (Å²) in [6.45, 7) is 31.6. The van der Waals surface area contributed by atoms with E-state index < -0.39 is 179 Å². The second-order valence-corrected chi connectivity index (χ2v) is 35.9. The Morgan fingerprint density at radius 1 is 0.460 bits per heavy atom. The van der Waals surface area contributed by atoms with Gasteiger partial charge >= 0.3 is 12.1 Å². The molecule has 634 valence electrons. The van der Waals surface area contributed by atoms with Gasteiger partial charge < -0.3 is 96.5 Å². The molecule has 33 heteroatoms. The highest BCUT2D eigenvalue weighted by atomic mass is 33.1. The maximum atomic E-state index is 15.1. The number of benzene rings is 3. The molecule has 11 atom stereocenters. The summed E-state index contributed by atoms with van der Waals surface area (Å²) in [5.41, 5.74) is -2.11. The first kappa shape index (κ1) is 99.3. The van der Waals surface area contributed by atoms with E-state index in [1.807, 2.05) is 48.5 Å². The summed E-state index contributed by atoms with van der Waals surface area (Å²) in [5, 5.41) is 47.8. The number of carboxylic acid groups (broad SMARTS) is 1. The quantitative estimate of drug-likeness (QED) is 0.0218. The van der Waals surface area contributed by atoms with Crippen LogP contribution in [0, 0.1) is 5.92 Å². The van der Waals surface area contributed by atoms with Crippen molar-refractivity contribution in [2.24, 2.45) is 5.92 Å². The molecular formula is C80H126N10O20S3. The van der Waals surface area contributed by atoms with Gasteiger partial charge in [0.25, 0.3) is 0 Å². The highest BCUT2D eigenvalue weighted by Gasteiger charge is 2.39. The summed E-state index contributed by atoms with van der Waals surface area (Å²) in [6, 6.07) is 9.31. The van der Waals surface area contributed by atoms with Crippen molar-refractivity contribution in [3.8, 4) is 11.5 Å². The molecule has 0 bridgehead atoms. The minimum atomic E-state index is -1.84. The van der Waals surface area contributed by atoms with Crippen molar-refractivity contribution in [1.29, 1.82) is 0 Å². The van der Waals surface area contributed by atoms with E-state index in [0.717, 1.165) is 5.75 Å². The first-order chi connectivity index (χ1) is 52.7. The molecule has 0 aliphatic rings. The number of hydrogen-bond donors (Lipinski definition) is 12. The largest absolute Gasteiger partial charge is 0.488 e. The lowest BCUT2D eigenvalue weighted by molar-refractivity contribution is -0.143. The molecule has 0 radical (unpaired) electrons. The molecule has 0 aliphatic carbocycles.